The van der Waals surface area contributed by atoms with Crippen molar-refractivity contribution in [1.29, 1.82) is 0 Å². The molecule has 5 heteroatoms. The third-order valence-electron chi connectivity index (χ3n) is 3.43. The highest BCUT2D eigenvalue weighted by Gasteiger charge is 2.16. The highest BCUT2D eigenvalue weighted by molar-refractivity contribution is 6.00. The maximum absolute atomic E-state index is 8.93. The number of benzene rings is 1. The Labute approximate surface area is 119 Å². The molecule has 5 nitrogen and oxygen atoms in total. The van der Waals surface area contributed by atoms with Gasteiger partial charge in [0.1, 0.15) is 18.1 Å². The van der Waals surface area contributed by atoms with Crippen molar-refractivity contribution in [3.63, 3.8) is 0 Å². The Morgan fingerprint density at radius 3 is 2.95 bits per heavy atom. The van der Waals surface area contributed by atoms with E-state index in [1.54, 1.807) is 20.1 Å². The number of hydrogen-bond donors (Lipinski definition) is 1. The fourth-order valence-electron chi connectivity index (χ4n) is 2.22. The monoisotopic (exact) mass is 279 g/mol. The van der Waals surface area contributed by atoms with Crippen molar-refractivity contribution in [2.24, 2.45) is 5.16 Å². The Morgan fingerprint density at radius 2 is 2.30 bits per heavy atom. The van der Waals surface area contributed by atoms with Gasteiger partial charge >= 0.3 is 0 Å². The van der Waals surface area contributed by atoms with Gasteiger partial charge in [-0.15, -0.1) is 0 Å². The number of methoxy groups -OCH3 is 1. The van der Waals surface area contributed by atoms with E-state index in [0.29, 0.717) is 23.8 Å². The zero-order chi connectivity index (χ0) is 14.4. The largest absolute Gasteiger partial charge is 0.497 e. The summed E-state index contributed by atoms with van der Waals surface area (Å²) >= 11 is 0. The van der Waals surface area contributed by atoms with Crippen LogP contribution in [0, 0.1) is 0 Å². The van der Waals surface area contributed by atoms with Crippen molar-refractivity contribution in [1.82, 2.24) is 0 Å². The fourth-order valence-corrected chi connectivity index (χ4v) is 2.22. The standard InChI is InChI=1S/C15H21NO4/c1-11(16-17)14-7-6-12(18-2)9-15(14)20-10-13-5-3-4-8-19-13/h6-7,9,13,17H,3-5,8,10H2,1-2H3/b16-11+. The molecule has 0 amide bonds. The minimum absolute atomic E-state index is 0.133. The van der Waals surface area contributed by atoms with Crippen LogP contribution in [0.2, 0.25) is 0 Å². The molecular formula is C15H21NO4. The van der Waals surface area contributed by atoms with E-state index >= 15 is 0 Å². The Bertz CT molecular complexity index is 467. The predicted octanol–water partition coefficient (Wildman–Crippen LogP) is 2.84. The first-order valence-electron chi connectivity index (χ1n) is 6.86. The molecule has 1 atom stereocenters. The molecule has 0 spiro atoms. The van der Waals surface area contributed by atoms with Crippen LogP contribution >= 0.6 is 0 Å². The quantitative estimate of drug-likeness (QED) is 0.511. The van der Waals surface area contributed by atoms with Gasteiger partial charge in [0, 0.05) is 18.2 Å². The highest BCUT2D eigenvalue weighted by Crippen LogP contribution is 2.26. The van der Waals surface area contributed by atoms with Gasteiger partial charge in [-0.1, -0.05) is 5.16 Å². The van der Waals surface area contributed by atoms with Crippen LogP contribution in [0.5, 0.6) is 11.5 Å². The van der Waals surface area contributed by atoms with Crippen LogP contribution in [0.25, 0.3) is 0 Å². The summed E-state index contributed by atoms with van der Waals surface area (Å²) in [6.45, 7) is 3.03. The number of hydrogen-bond acceptors (Lipinski definition) is 5. The summed E-state index contributed by atoms with van der Waals surface area (Å²) < 4.78 is 16.7. The molecule has 0 aliphatic carbocycles. The van der Waals surface area contributed by atoms with Crippen LogP contribution in [-0.2, 0) is 4.74 Å². The van der Waals surface area contributed by atoms with Crippen molar-refractivity contribution in [3.8, 4) is 11.5 Å². The van der Waals surface area contributed by atoms with Crippen LogP contribution in [0.15, 0.2) is 23.4 Å². The summed E-state index contributed by atoms with van der Waals surface area (Å²) in [7, 11) is 1.61. The van der Waals surface area contributed by atoms with E-state index in [-0.39, 0.29) is 6.10 Å². The van der Waals surface area contributed by atoms with Gasteiger partial charge in [-0.3, -0.25) is 0 Å². The van der Waals surface area contributed by atoms with Crippen molar-refractivity contribution in [3.05, 3.63) is 23.8 Å². The predicted molar refractivity (Wildman–Crippen MR) is 76.1 cm³/mol. The lowest BCUT2D eigenvalue weighted by Crippen LogP contribution is -2.26. The van der Waals surface area contributed by atoms with Gasteiger partial charge in [-0.05, 0) is 38.3 Å². The number of ether oxygens (including phenoxy) is 3. The summed E-state index contributed by atoms with van der Waals surface area (Å²) in [6, 6.07) is 5.44. The highest BCUT2D eigenvalue weighted by atomic mass is 16.5. The number of oxime groups is 1. The van der Waals surface area contributed by atoms with Gasteiger partial charge in [0.25, 0.3) is 0 Å². The van der Waals surface area contributed by atoms with Crippen molar-refractivity contribution in [2.45, 2.75) is 32.3 Å². The molecule has 20 heavy (non-hydrogen) atoms. The molecule has 0 bridgehead atoms. The summed E-state index contributed by atoms with van der Waals surface area (Å²) in [4.78, 5) is 0. The summed E-state index contributed by atoms with van der Waals surface area (Å²) in [5, 5.41) is 12.2. The van der Waals surface area contributed by atoms with Crippen LogP contribution in [0.1, 0.15) is 31.7 Å². The topological polar surface area (TPSA) is 60.3 Å². The Kier molecular flexibility index (Phi) is 5.24. The van der Waals surface area contributed by atoms with E-state index in [4.69, 9.17) is 19.4 Å². The molecule has 1 N–H and O–H groups in total. The maximum Gasteiger partial charge on any atom is 0.132 e. The summed E-state index contributed by atoms with van der Waals surface area (Å²) in [6.07, 6.45) is 3.45. The first-order valence-corrected chi connectivity index (χ1v) is 6.86. The molecule has 0 radical (unpaired) electrons. The molecule has 0 aromatic heterocycles. The Hall–Kier alpha value is -1.75. The van der Waals surface area contributed by atoms with Gasteiger partial charge in [0.05, 0.1) is 18.9 Å². The second kappa shape index (κ2) is 7.14. The van der Waals surface area contributed by atoms with Crippen LogP contribution in [0.3, 0.4) is 0 Å². The third kappa shape index (κ3) is 3.63. The van der Waals surface area contributed by atoms with Gasteiger partial charge in [-0.2, -0.15) is 0 Å². The van der Waals surface area contributed by atoms with Crippen LogP contribution < -0.4 is 9.47 Å². The van der Waals surface area contributed by atoms with E-state index in [1.165, 1.54) is 6.42 Å². The lowest BCUT2D eigenvalue weighted by Gasteiger charge is -2.23. The minimum atomic E-state index is 0.133. The lowest BCUT2D eigenvalue weighted by atomic mass is 10.1. The van der Waals surface area contributed by atoms with Gasteiger partial charge in [0.15, 0.2) is 0 Å². The molecule has 0 saturated carbocycles. The summed E-state index contributed by atoms with van der Waals surface area (Å²) in [5.74, 6) is 1.35. The number of nitrogens with zero attached hydrogens (tertiary/aromatic N) is 1. The van der Waals surface area contributed by atoms with Crippen LogP contribution in [0.4, 0.5) is 0 Å². The first-order chi connectivity index (χ1) is 9.74. The molecule has 1 fully saturated rings. The molecule has 1 saturated heterocycles. The van der Waals surface area contributed by atoms with E-state index in [2.05, 4.69) is 5.16 Å². The van der Waals surface area contributed by atoms with Gasteiger partial charge in [-0.25, -0.2) is 0 Å². The fraction of sp³-hybridized carbons (Fsp3) is 0.533. The molecule has 2 rings (SSSR count). The van der Waals surface area contributed by atoms with Crippen LogP contribution in [-0.4, -0.2) is 37.3 Å². The van der Waals surface area contributed by atoms with Crippen molar-refractivity contribution in [2.75, 3.05) is 20.3 Å². The smallest absolute Gasteiger partial charge is 0.132 e. The van der Waals surface area contributed by atoms with E-state index < -0.39 is 0 Å². The normalized spacial score (nSPS) is 19.7. The SMILES string of the molecule is COc1ccc(/C(C)=N/O)c(OCC2CCCCO2)c1. The molecule has 1 unspecified atom stereocenters. The zero-order valence-corrected chi connectivity index (χ0v) is 12.0. The third-order valence-corrected chi connectivity index (χ3v) is 3.43. The first kappa shape index (κ1) is 14.7. The van der Waals surface area contributed by atoms with E-state index in [1.807, 2.05) is 12.1 Å². The molecule has 1 heterocycles. The summed E-state index contributed by atoms with van der Waals surface area (Å²) in [5.41, 5.74) is 1.26. The molecule has 1 aromatic rings. The van der Waals surface area contributed by atoms with E-state index in [0.717, 1.165) is 25.0 Å². The molecule has 1 aliphatic heterocycles. The Balaban J connectivity index is 2.10. The average Bonchev–Trinajstić information content (AvgIpc) is 2.52. The number of rotatable bonds is 5. The minimum Gasteiger partial charge on any atom is -0.497 e. The molecular weight excluding hydrogens is 258 g/mol. The van der Waals surface area contributed by atoms with Crippen molar-refractivity contribution >= 4 is 5.71 Å². The maximum atomic E-state index is 8.93. The molecule has 1 aliphatic rings. The molecule has 110 valence electrons. The van der Waals surface area contributed by atoms with Gasteiger partial charge in [0.2, 0.25) is 0 Å². The van der Waals surface area contributed by atoms with Gasteiger partial charge < -0.3 is 19.4 Å². The lowest BCUT2D eigenvalue weighted by molar-refractivity contribution is -0.0111. The van der Waals surface area contributed by atoms with Crippen molar-refractivity contribution < 1.29 is 19.4 Å². The van der Waals surface area contributed by atoms with E-state index in [9.17, 15) is 0 Å². The Morgan fingerprint density at radius 1 is 1.45 bits per heavy atom. The average molecular weight is 279 g/mol. The second-order valence-electron chi connectivity index (χ2n) is 4.85. The zero-order valence-electron chi connectivity index (χ0n) is 12.0. The molecule has 1 aromatic carbocycles. The second-order valence-corrected chi connectivity index (χ2v) is 4.85.